The summed E-state index contributed by atoms with van der Waals surface area (Å²) in [5.41, 5.74) is -1.92. The molecular weight excluding hydrogens is 716 g/mol. The molecule has 3 aromatic rings. The van der Waals surface area contributed by atoms with E-state index >= 15 is 0 Å². The van der Waals surface area contributed by atoms with Crippen LogP contribution in [0.3, 0.4) is 0 Å². The molecule has 0 spiro atoms. The second kappa shape index (κ2) is 15.2. The van der Waals surface area contributed by atoms with Crippen molar-refractivity contribution in [1.29, 1.82) is 0 Å². The van der Waals surface area contributed by atoms with Crippen LogP contribution in [-0.4, -0.2) is 165 Å². The van der Waals surface area contributed by atoms with Gasteiger partial charge in [0.25, 0.3) is 0 Å². The maximum Gasteiger partial charge on any atom is 0.203 e. The topological polar surface area (TPSA) is 339 Å². The maximum atomic E-state index is 14.0. The molecule has 0 aliphatic carbocycles. The van der Waals surface area contributed by atoms with E-state index in [-0.39, 0.29) is 11.1 Å². The van der Waals surface area contributed by atoms with Gasteiger partial charge in [0.15, 0.2) is 24.1 Å². The van der Waals surface area contributed by atoms with E-state index in [0.29, 0.717) is 0 Å². The normalized spacial score (nSPS) is 37.9. The lowest BCUT2D eigenvalue weighted by Gasteiger charge is -2.46. The lowest BCUT2D eigenvalue weighted by atomic mass is 9.89. The number of aromatic hydroxyl groups is 4. The number of ether oxygens (including phenoxy) is 5. The molecule has 3 aliphatic rings. The first-order valence-electron chi connectivity index (χ1n) is 16.4. The first kappa shape index (κ1) is 39.0. The Hall–Kier alpha value is -3.71. The lowest BCUT2D eigenvalue weighted by molar-refractivity contribution is -0.360. The Bertz CT molecular complexity index is 1830. The quantitative estimate of drug-likeness (QED) is 0.0990. The number of benzene rings is 2. The first-order valence-corrected chi connectivity index (χ1v) is 16.4. The van der Waals surface area contributed by atoms with Crippen molar-refractivity contribution in [1.82, 2.24) is 0 Å². The van der Waals surface area contributed by atoms with Crippen LogP contribution in [0.4, 0.5) is 0 Å². The fourth-order valence-corrected chi connectivity index (χ4v) is 6.58. The molecule has 13 N–H and O–H groups in total. The molecule has 3 aliphatic heterocycles. The summed E-state index contributed by atoms with van der Waals surface area (Å²) in [6.07, 6.45) is -25.8. The third kappa shape index (κ3) is 7.15. The number of rotatable bonds is 8. The molecule has 0 bridgehead atoms. The van der Waals surface area contributed by atoms with E-state index in [9.17, 15) is 71.2 Å². The van der Waals surface area contributed by atoms with Crippen molar-refractivity contribution in [3.05, 3.63) is 46.1 Å². The van der Waals surface area contributed by atoms with E-state index in [1.54, 1.807) is 0 Å². The van der Waals surface area contributed by atoms with Crippen LogP contribution in [0.25, 0.3) is 22.3 Å². The molecule has 292 valence electrons. The predicted octanol–water partition coefficient (Wildman–Crippen LogP) is -3.53. The highest BCUT2D eigenvalue weighted by molar-refractivity contribution is 5.87. The molecule has 20 nitrogen and oxygen atoms in total. The summed E-state index contributed by atoms with van der Waals surface area (Å²) in [5, 5.41) is 135. The van der Waals surface area contributed by atoms with E-state index in [1.165, 1.54) is 13.0 Å². The number of fused-ring (bicyclic) bond motifs is 1. The van der Waals surface area contributed by atoms with Crippen LogP contribution >= 0.6 is 0 Å². The minimum atomic E-state index is -2.03. The predicted molar refractivity (Wildman–Crippen MR) is 171 cm³/mol. The van der Waals surface area contributed by atoms with Gasteiger partial charge in [-0.3, -0.25) is 4.79 Å². The monoisotopic (exact) mass is 756 g/mol. The van der Waals surface area contributed by atoms with Crippen molar-refractivity contribution in [2.24, 2.45) is 0 Å². The van der Waals surface area contributed by atoms with Crippen LogP contribution in [0.2, 0.25) is 0 Å². The van der Waals surface area contributed by atoms with Crippen molar-refractivity contribution in [2.75, 3.05) is 13.2 Å². The lowest BCUT2D eigenvalue weighted by Crippen LogP contribution is -2.64. The summed E-state index contributed by atoms with van der Waals surface area (Å²) in [4.78, 5) is 14.0. The fourth-order valence-electron chi connectivity index (χ4n) is 6.58. The molecule has 53 heavy (non-hydrogen) atoms. The number of phenolic OH excluding ortho intramolecular Hbond substituents is 4. The van der Waals surface area contributed by atoms with Crippen molar-refractivity contribution >= 4 is 11.0 Å². The molecule has 20 heteroatoms. The summed E-state index contributed by atoms with van der Waals surface area (Å²) < 4.78 is 34.0. The second-order valence-electron chi connectivity index (χ2n) is 13.1. The molecule has 15 atom stereocenters. The van der Waals surface area contributed by atoms with Crippen LogP contribution in [0.15, 0.2) is 39.5 Å². The highest BCUT2D eigenvalue weighted by Gasteiger charge is 2.51. The molecule has 0 radical (unpaired) electrons. The van der Waals surface area contributed by atoms with Gasteiger partial charge in [0.05, 0.1) is 24.9 Å². The van der Waals surface area contributed by atoms with Crippen LogP contribution in [0, 0.1) is 0 Å². The molecule has 1 aromatic heterocycles. The number of hydrogen-bond acceptors (Lipinski definition) is 20. The average Bonchev–Trinajstić information content (AvgIpc) is 3.11. The van der Waals surface area contributed by atoms with Gasteiger partial charge in [-0.15, -0.1) is 0 Å². The van der Waals surface area contributed by atoms with Crippen molar-refractivity contribution in [3.63, 3.8) is 0 Å². The average molecular weight is 757 g/mol. The Morgan fingerprint density at radius 3 is 2.04 bits per heavy atom. The van der Waals surface area contributed by atoms with Gasteiger partial charge in [0.1, 0.15) is 101 Å². The Balaban J connectivity index is 1.28. The number of aliphatic hydroxyl groups is 9. The van der Waals surface area contributed by atoms with E-state index < -0.39 is 150 Å². The SMILES string of the molecule is C[C@@H]1O[C@@H](OC[C@H]2O[C@@H](c3c(-c4ccc(O)c(O)c4)oc4cc(O)cc(O)c4c3=O)[C@H](O)[C@@H](O)[C@H]2O)[C@H](O)[C@H](O[C@@H]2O[C@H](CO)[C@@H](O)[C@H](O)[C@H]2O)[C@H]1O. The Kier molecular flexibility index (Phi) is 11.2. The fraction of sp³-hybridized carbons (Fsp3) is 0.545. The van der Waals surface area contributed by atoms with Crippen molar-refractivity contribution in [2.45, 2.75) is 98.9 Å². The zero-order valence-electron chi connectivity index (χ0n) is 27.6. The minimum Gasteiger partial charge on any atom is -0.508 e. The van der Waals surface area contributed by atoms with Crippen LogP contribution < -0.4 is 5.43 Å². The molecule has 0 unspecified atom stereocenters. The Morgan fingerprint density at radius 2 is 1.36 bits per heavy atom. The minimum absolute atomic E-state index is 0.0574. The van der Waals surface area contributed by atoms with Gasteiger partial charge in [0.2, 0.25) is 5.43 Å². The summed E-state index contributed by atoms with van der Waals surface area (Å²) in [7, 11) is 0. The standard InChI is InChI=1S/C33H40O20/c1-9-20(39)31(53-33-27(46)25(44)21(40)16(7-34)52-33)28(47)32(49-9)48-8-17-22(41)24(43)26(45)30(51-17)19-23(42)18-14(38)5-11(35)6-15(18)50-29(19)10-2-3-12(36)13(37)4-10/h2-6,9,16-17,20-22,24-28,30-41,43-47H,7-8H2,1H3/t9-,16+,17+,20-,21+,22-,24-,25-,26+,27+,28+,30-,31+,32+,33-/m0/s1. The number of phenols is 4. The van der Waals surface area contributed by atoms with E-state index in [4.69, 9.17) is 28.1 Å². The molecule has 0 saturated carbocycles. The van der Waals surface area contributed by atoms with E-state index in [0.717, 1.165) is 24.3 Å². The Labute approximate surface area is 298 Å². The molecule has 6 rings (SSSR count). The van der Waals surface area contributed by atoms with Gasteiger partial charge >= 0.3 is 0 Å². The summed E-state index contributed by atoms with van der Waals surface area (Å²) in [6, 6.07) is 5.16. The third-order valence-electron chi connectivity index (χ3n) is 9.58. The van der Waals surface area contributed by atoms with Crippen LogP contribution in [0.1, 0.15) is 18.6 Å². The Morgan fingerprint density at radius 1 is 0.679 bits per heavy atom. The molecule has 3 fully saturated rings. The van der Waals surface area contributed by atoms with Crippen LogP contribution in [-0.2, 0) is 23.7 Å². The van der Waals surface area contributed by atoms with Crippen LogP contribution in [0.5, 0.6) is 23.0 Å². The van der Waals surface area contributed by atoms with Gasteiger partial charge in [-0.05, 0) is 25.1 Å². The molecule has 4 heterocycles. The molecular formula is C33H40O20. The second-order valence-corrected chi connectivity index (χ2v) is 13.1. The zero-order chi connectivity index (χ0) is 38.6. The summed E-state index contributed by atoms with van der Waals surface area (Å²) in [5.74, 6) is -2.77. The van der Waals surface area contributed by atoms with Gasteiger partial charge in [-0.1, -0.05) is 0 Å². The summed E-state index contributed by atoms with van der Waals surface area (Å²) in [6.45, 7) is -0.135. The smallest absolute Gasteiger partial charge is 0.203 e. The van der Waals surface area contributed by atoms with Gasteiger partial charge in [-0.25, -0.2) is 0 Å². The molecule has 2 aromatic carbocycles. The van der Waals surface area contributed by atoms with Gasteiger partial charge in [-0.2, -0.15) is 0 Å². The van der Waals surface area contributed by atoms with E-state index in [2.05, 4.69) is 0 Å². The highest BCUT2D eigenvalue weighted by Crippen LogP contribution is 2.41. The zero-order valence-corrected chi connectivity index (χ0v) is 27.6. The molecule has 3 saturated heterocycles. The largest absolute Gasteiger partial charge is 0.508 e. The van der Waals surface area contributed by atoms with Gasteiger partial charge in [0, 0.05) is 17.7 Å². The van der Waals surface area contributed by atoms with Gasteiger partial charge < -0.3 is 94.5 Å². The third-order valence-corrected chi connectivity index (χ3v) is 9.58. The number of aliphatic hydroxyl groups excluding tert-OH is 9. The first-order chi connectivity index (χ1) is 25.0. The van der Waals surface area contributed by atoms with E-state index in [1.807, 2.05) is 0 Å². The van der Waals surface area contributed by atoms with Crippen molar-refractivity contribution in [3.8, 4) is 34.3 Å². The summed E-state index contributed by atoms with van der Waals surface area (Å²) >= 11 is 0. The highest BCUT2D eigenvalue weighted by atomic mass is 16.7. The molecule has 0 amide bonds. The maximum absolute atomic E-state index is 14.0. The number of hydrogen-bond donors (Lipinski definition) is 13. The van der Waals surface area contributed by atoms with Crippen molar-refractivity contribution < 1.29 is 94.5 Å².